The second-order valence-corrected chi connectivity index (χ2v) is 9.56. The Morgan fingerprint density at radius 1 is 0.972 bits per heavy atom. The van der Waals surface area contributed by atoms with E-state index >= 15 is 0 Å². The molecule has 0 bridgehead atoms. The van der Waals surface area contributed by atoms with Crippen LogP contribution >= 0.6 is 0 Å². The number of ether oxygens (including phenoxy) is 3. The number of benzene rings is 2. The zero-order valence-electron chi connectivity index (χ0n) is 21.4. The van der Waals surface area contributed by atoms with Gasteiger partial charge < -0.3 is 24.4 Å². The molecule has 1 fully saturated rings. The molecule has 1 heterocycles. The molecule has 2 amide bonds. The fourth-order valence-electron chi connectivity index (χ4n) is 3.85. The molecule has 0 unspecified atom stereocenters. The number of nitrogens with zero attached hydrogens (tertiary/aromatic N) is 2. The van der Waals surface area contributed by atoms with Crippen molar-refractivity contribution >= 4 is 23.8 Å². The third-order valence-electron chi connectivity index (χ3n) is 5.68. The first-order chi connectivity index (χ1) is 17.2. The summed E-state index contributed by atoms with van der Waals surface area (Å²) in [6.07, 6.45) is -0.326. The Labute approximate surface area is 212 Å². The van der Waals surface area contributed by atoms with Crippen LogP contribution in [-0.4, -0.2) is 68.0 Å². The minimum Gasteiger partial charge on any atom is -0.467 e. The Balaban J connectivity index is 1.50. The molecule has 1 saturated heterocycles. The Kier molecular flexibility index (Phi) is 9.16. The maximum Gasteiger partial charge on any atom is 0.411 e. The van der Waals surface area contributed by atoms with Crippen LogP contribution in [0.4, 0.5) is 15.3 Å². The molecule has 2 aromatic rings. The second kappa shape index (κ2) is 12.3. The van der Waals surface area contributed by atoms with Crippen molar-refractivity contribution in [1.82, 2.24) is 10.2 Å². The predicted octanol–water partition coefficient (Wildman–Crippen LogP) is 3.75. The van der Waals surface area contributed by atoms with Crippen molar-refractivity contribution in [2.75, 3.05) is 38.2 Å². The number of piperazine rings is 1. The van der Waals surface area contributed by atoms with E-state index in [0.717, 1.165) is 16.8 Å². The van der Waals surface area contributed by atoms with Crippen molar-refractivity contribution in [2.24, 2.45) is 0 Å². The Morgan fingerprint density at radius 3 is 2.31 bits per heavy atom. The second-order valence-electron chi connectivity index (χ2n) is 9.56. The smallest absolute Gasteiger partial charge is 0.411 e. The molecule has 0 aliphatic carbocycles. The van der Waals surface area contributed by atoms with Crippen LogP contribution < -0.4 is 10.2 Å². The number of carbonyl (C=O) groups excluding carboxylic acids is 3. The van der Waals surface area contributed by atoms with E-state index in [9.17, 15) is 14.4 Å². The number of amides is 2. The van der Waals surface area contributed by atoms with Gasteiger partial charge in [0.25, 0.3) is 0 Å². The van der Waals surface area contributed by atoms with E-state index in [-0.39, 0.29) is 6.61 Å². The van der Waals surface area contributed by atoms with Gasteiger partial charge in [-0.25, -0.2) is 14.4 Å². The molecule has 194 valence electrons. The highest BCUT2D eigenvalue weighted by Gasteiger charge is 2.38. The molecule has 36 heavy (non-hydrogen) atoms. The summed E-state index contributed by atoms with van der Waals surface area (Å²) in [6, 6.07) is 16.7. The number of esters is 1. The topological polar surface area (TPSA) is 97.4 Å². The fourth-order valence-corrected chi connectivity index (χ4v) is 3.85. The Morgan fingerprint density at radius 2 is 1.67 bits per heavy atom. The van der Waals surface area contributed by atoms with Crippen LogP contribution in [0.5, 0.6) is 0 Å². The molecule has 9 heteroatoms. The molecule has 0 aromatic heterocycles. The van der Waals surface area contributed by atoms with Crippen molar-refractivity contribution in [3.8, 4) is 0 Å². The zero-order chi connectivity index (χ0) is 26.1. The standard InChI is InChI=1S/C27H35N3O6/c1-27(2,3)36-26(33)30-17-16-29(18-23(30)24(31)34-4)22-12-10-20(11-13-22)14-15-28-25(32)35-19-21-8-6-5-7-9-21/h5-13,23H,14-19H2,1-4H3,(H,28,32)/t23-/m0/s1. The van der Waals surface area contributed by atoms with E-state index in [0.29, 0.717) is 32.6 Å². The van der Waals surface area contributed by atoms with Crippen molar-refractivity contribution in [2.45, 2.75) is 45.4 Å². The highest BCUT2D eigenvalue weighted by molar-refractivity contribution is 5.83. The van der Waals surface area contributed by atoms with Crippen molar-refractivity contribution in [1.29, 1.82) is 0 Å². The van der Waals surface area contributed by atoms with E-state index in [4.69, 9.17) is 14.2 Å². The molecular formula is C27H35N3O6. The summed E-state index contributed by atoms with van der Waals surface area (Å²) in [6.45, 7) is 7.25. The molecule has 0 radical (unpaired) electrons. The molecular weight excluding hydrogens is 462 g/mol. The summed E-state index contributed by atoms with van der Waals surface area (Å²) in [4.78, 5) is 40.5. The van der Waals surface area contributed by atoms with Gasteiger partial charge in [-0.15, -0.1) is 0 Å². The molecule has 1 atom stereocenters. The fraction of sp³-hybridized carbons (Fsp3) is 0.444. The van der Waals surface area contributed by atoms with E-state index in [1.54, 1.807) is 20.8 Å². The third-order valence-corrected chi connectivity index (χ3v) is 5.68. The molecule has 1 aliphatic rings. The van der Waals surface area contributed by atoms with E-state index in [1.165, 1.54) is 12.0 Å². The van der Waals surface area contributed by atoms with Crippen LogP contribution in [0.15, 0.2) is 54.6 Å². The Hall–Kier alpha value is -3.75. The van der Waals surface area contributed by atoms with Crippen molar-refractivity contribution in [3.63, 3.8) is 0 Å². The summed E-state index contributed by atoms with van der Waals surface area (Å²) in [7, 11) is 1.31. The number of carbonyl (C=O) groups is 3. The van der Waals surface area contributed by atoms with E-state index in [1.807, 2.05) is 59.5 Å². The number of anilines is 1. The first-order valence-corrected chi connectivity index (χ1v) is 12.0. The Bertz CT molecular complexity index is 1020. The SMILES string of the molecule is COC(=O)[C@@H]1CN(c2ccc(CCNC(=O)OCc3ccccc3)cc2)CCN1C(=O)OC(C)(C)C. The lowest BCUT2D eigenvalue weighted by Gasteiger charge is -2.41. The monoisotopic (exact) mass is 497 g/mol. The third kappa shape index (κ3) is 7.90. The average molecular weight is 498 g/mol. The predicted molar refractivity (Wildman–Crippen MR) is 136 cm³/mol. The largest absolute Gasteiger partial charge is 0.467 e. The lowest BCUT2D eigenvalue weighted by Crippen LogP contribution is -2.59. The van der Waals surface area contributed by atoms with Crippen LogP contribution in [0, 0.1) is 0 Å². The number of rotatable bonds is 7. The van der Waals surface area contributed by atoms with Gasteiger partial charge in [-0.3, -0.25) is 4.90 Å². The van der Waals surface area contributed by atoms with Gasteiger partial charge in [0.15, 0.2) is 6.04 Å². The molecule has 1 N–H and O–H groups in total. The quantitative estimate of drug-likeness (QED) is 0.460. The summed E-state index contributed by atoms with van der Waals surface area (Å²) in [5.41, 5.74) is 2.27. The minimum atomic E-state index is -0.760. The maximum absolute atomic E-state index is 12.6. The minimum absolute atomic E-state index is 0.231. The number of nitrogens with one attached hydrogen (secondary N) is 1. The molecule has 0 spiro atoms. The van der Waals surface area contributed by atoms with Gasteiger partial charge in [0.1, 0.15) is 12.2 Å². The van der Waals surface area contributed by atoms with Gasteiger partial charge in [-0.05, 0) is 50.5 Å². The zero-order valence-corrected chi connectivity index (χ0v) is 21.4. The summed E-state index contributed by atoms with van der Waals surface area (Å²) >= 11 is 0. The van der Waals surface area contributed by atoms with Crippen LogP contribution in [0.2, 0.25) is 0 Å². The maximum atomic E-state index is 12.6. The van der Waals surface area contributed by atoms with Gasteiger partial charge in [-0.2, -0.15) is 0 Å². The normalized spacial score (nSPS) is 15.7. The molecule has 9 nitrogen and oxygen atoms in total. The van der Waals surface area contributed by atoms with E-state index < -0.39 is 29.8 Å². The van der Waals surface area contributed by atoms with Crippen LogP contribution in [0.1, 0.15) is 31.9 Å². The van der Waals surface area contributed by atoms with E-state index in [2.05, 4.69) is 5.32 Å². The van der Waals surface area contributed by atoms with Gasteiger partial charge in [0.2, 0.25) is 0 Å². The first kappa shape index (κ1) is 26.8. The number of methoxy groups -OCH3 is 1. The summed E-state index contributed by atoms with van der Waals surface area (Å²) in [5.74, 6) is -0.479. The summed E-state index contributed by atoms with van der Waals surface area (Å²) in [5, 5.41) is 2.76. The highest BCUT2D eigenvalue weighted by atomic mass is 16.6. The molecule has 3 rings (SSSR count). The lowest BCUT2D eigenvalue weighted by molar-refractivity contribution is -0.147. The van der Waals surface area contributed by atoms with Crippen LogP contribution in [0.25, 0.3) is 0 Å². The first-order valence-electron chi connectivity index (χ1n) is 12.0. The van der Waals surface area contributed by atoms with Gasteiger partial charge >= 0.3 is 18.2 Å². The van der Waals surface area contributed by atoms with Gasteiger partial charge in [0, 0.05) is 31.9 Å². The average Bonchev–Trinajstić information content (AvgIpc) is 2.86. The molecule has 1 aliphatic heterocycles. The number of hydrogen-bond donors (Lipinski definition) is 1. The van der Waals surface area contributed by atoms with Crippen molar-refractivity contribution in [3.05, 3.63) is 65.7 Å². The number of alkyl carbamates (subject to hydrolysis) is 1. The van der Waals surface area contributed by atoms with Crippen molar-refractivity contribution < 1.29 is 28.6 Å². The summed E-state index contributed by atoms with van der Waals surface area (Å²) < 4.78 is 15.6. The lowest BCUT2D eigenvalue weighted by atomic mass is 10.1. The number of hydrogen-bond acceptors (Lipinski definition) is 7. The van der Waals surface area contributed by atoms with Gasteiger partial charge in [-0.1, -0.05) is 42.5 Å². The molecule has 0 saturated carbocycles. The van der Waals surface area contributed by atoms with Gasteiger partial charge in [0.05, 0.1) is 7.11 Å². The molecule has 2 aromatic carbocycles. The van der Waals surface area contributed by atoms with Crippen LogP contribution in [-0.2, 0) is 32.0 Å². The highest BCUT2D eigenvalue weighted by Crippen LogP contribution is 2.22. The van der Waals surface area contributed by atoms with Crippen LogP contribution in [0.3, 0.4) is 0 Å².